The highest BCUT2D eigenvalue weighted by atomic mass is 35.5. The number of hydrogen-bond donors (Lipinski definition) is 1. The minimum Gasteiger partial charge on any atom is -0.396 e. The van der Waals surface area contributed by atoms with Crippen molar-refractivity contribution in [3.8, 4) is 0 Å². The van der Waals surface area contributed by atoms with Crippen LogP contribution in [-0.2, 0) is 0 Å². The van der Waals surface area contributed by atoms with Gasteiger partial charge in [-0.05, 0) is 38.5 Å². The lowest BCUT2D eigenvalue weighted by Gasteiger charge is -2.39. The van der Waals surface area contributed by atoms with Crippen molar-refractivity contribution in [3.05, 3.63) is 49.3 Å². The quantitative estimate of drug-likeness (QED) is 0.274. The minimum atomic E-state index is -1.08. The van der Waals surface area contributed by atoms with Gasteiger partial charge in [0.05, 0.1) is 22.2 Å². The molecule has 2 aromatic rings. The highest BCUT2D eigenvalue weighted by Gasteiger charge is 2.36. The van der Waals surface area contributed by atoms with Gasteiger partial charge in [0, 0.05) is 54.8 Å². The zero-order valence-corrected chi connectivity index (χ0v) is 20.0. The molecule has 0 spiro atoms. The van der Waals surface area contributed by atoms with Gasteiger partial charge in [0.2, 0.25) is 11.2 Å². The lowest BCUT2D eigenvalue weighted by atomic mass is 9.88. The number of anilines is 1. The first-order valence-corrected chi connectivity index (χ1v) is 11.8. The summed E-state index contributed by atoms with van der Waals surface area (Å²) in [7, 11) is 0. The number of ketones is 1. The highest BCUT2D eigenvalue weighted by Crippen LogP contribution is 2.42. The summed E-state index contributed by atoms with van der Waals surface area (Å²) in [4.78, 5) is 35.5. The SMILES string of the molecule is Cl.Nc1c(F)c(C2CCCN(N3CCCC3)C2)c(F)c2c1c(=O)c(C(=O)C[N+](=O)[O-])cn2C1CC1. The molecule has 3 heterocycles. The molecule has 1 aromatic carbocycles. The lowest BCUT2D eigenvalue weighted by molar-refractivity contribution is -0.465. The maximum absolute atomic E-state index is 16.1. The number of halogens is 3. The summed E-state index contributed by atoms with van der Waals surface area (Å²) < 4.78 is 33.2. The average molecular weight is 512 g/mol. The Hall–Kier alpha value is -2.63. The van der Waals surface area contributed by atoms with Crippen molar-refractivity contribution in [2.75, 3.05) is 38.5 Å². The topological polar surface area (TPSA) is 115 Å². The van der Waals surface area contributed by atoms with Gasteiger partial charge < -0.3 is 10.3 Å². The molecule has 0 radical (unpaired) electrons. The standard InChI is InChI=1S/C23H27F2N5O4.ClH/c24-19-17(13-4-3-9-28(10-13)27-7-1-2-8-27)20(25)22-18(21(19)26)23(32)15(16(31)12-30(33)34)11-29(22)14-5-6-14;/h11,13-14H,1-10,12,26H2;1H. The molecular weight excluding hydrogens is 484 g/mol. The Kier molecular flexibility index (Phi) is 7.12. The number of rotatable bonds is 6. The Balaban J connectivity index is 0.00000289. The summed E-state index contributed by atoms with van der Waals surface area (Å²) in [5.74, 6) is -3.24. The molecule has 0 bridgehead atoms. The van der Waals surface area contributed by atoms with Crippen molar-refractivity contribution >= 4 is 34.8 Å². The van der Waals surface area contributed by atoms with Crippen LogP contribution < -0.4 is 11.2 Å². The predicted octanol–water partition coefficient (Wildman–Crippen LogP) is 3.27. The molecule has 190 valence electrons. The van der Waals surface area contributed by atoms with Gasteiger partial charge in [-0.3, -0.25) is 19.7 Å². The van der Waals surface area contributed by atoms with Crippen molar-refractivity contribution in [2.45, 2.75) is 50.5 Å². The number of nitrogens with two attached hydrogens (primary N) is 1. The third-order valence-corrected chi connectivity index (χ3v) is 7.23. The number of nitrogen functional groups attached to an aromatic ring is 1. The van der Waals surface area contributed by atoms with Crippen LogP contribution in [0.1, 0.15) is 66.4 Å². The zero-order chi connectivity index (χ0) is 24.1. The van der Waals surface area contributed by atoms with Gasteiger partial charge in [0.1, 0.15) is 0 Å². The normalized spacial score (nSPS) is 21.3. The Labute approximate surface area is 206 Å². The van der Waals surface area contributed by atoms with E-state index < -0.39 is 56.9 Å². The van der Waals surface area contributed by atoms with Crippen LogP contribution >= 0.6 is 12.4 Å². The van der Waals surface area contributed by atoms with Crippen molar-refractivity contribution in [1.29, 1.82) is 0 Å². The number of nitrogens with zero attached hydrogens (tertiary/aromatic N) is 4. The smallest absolute Gasteiger partial charge is 0.266 e. The minimum absolute atomic E-state index is 0. The van der Waals surface area contributed by atoms with Crippen LogP contribution in [-0.4, -0.2) is 58.0 Å². The second kappa shape index (κ2) is 9.79. The van der Waals surface area contributed by atoms with E-state index in [2.05, 4.69) is 10.0 Å². The van der Waals surface area contributed by atoms with Crippen LogP contribution in [0.15, 0.2) is 11.0 Å². The summed E-state index contributed by atoms with van der Waals surface area (Å²) >= 11 is 0. The second-order valence-corrected chi connectivity index (χ2v) is 9.52. The molecule has 1 aromatic heterocycles. The second-order valence-electron chi connectivity index (χ2n) is 9.52. The van der Waals surface area contributed by atoms with E-state index in [1.54, 1.807) is 0 Å². The number of fused-ring (bicyclic) bond motifs is 1. The van der Waals surface area contributed by atoms with Crippen molar-refractivity contribution in [1.82, 2.24) is 14.6 Å². The molecule has 2 saturated heterocycles. The summed E-state index contributed by atoms with van der Waals surface area (Å²) in [5.41, 5.74) is 3.92. The van der Waals surface area contributed by atoms with E-state index in [-0.39, 0.29) is 29.5 Å². The molecule has 35 heavy (non-hydrogen) atoms. The molecule has 5 rings (SSSR count). The number of Topliss-reactive ketones (excluding diaryl/α,β-unsaturated/α-hetero) is 1. The lowest BCUT2D eigenvalue weighted by Crippen LogP contribution is -2.46. The van der Waals surface area contributed by atoms with E-state index in [0.717, 1.165) is 38.9 Å². The molecule has 2 aliphatic heterocycles. The van der Waals surface area contributed by atoms with Crippen LogP contribution in [0.2, 0.25) is 0 Å². The number of pyridine rings is 1. The fraction of sp³-hybridized carbons (Fsp3) is 0.565. The van der Waals surface area contributed by atoms with E-state index in [9.17, 15) is 19.7 Å². The number of piperidine rings is 1. The first-order chi connectivity index (χ1) is 16.3. The average Bonchev–Trinajstić information content (AvgIpc) is 3.49. The zero-order valence-electron chi connectivity index (χ0n) is 19.2. The molecule has 12 heteroatoms. The Morgan fingerprint density at radius 3 is 2.37 bits per heavy atom. The van der Waals surface area contributed by atoms with Crippen molar-refractivity contribution in [2.24, 2.45) is 0 Å². The van der Waals surface area contributed by atoms with Gasteiger partial charge in [0.25, 0.3) is 6.54 Å². The molecule has 3 aliphatic rings. The van der Waals surface area contributed by atoms with Crippen LogP contribution in [0.25, 0.3) is 10.9 Å². The summed E-state index contributed by atoms with van der Waals surface area (Å²) in [6, 6.07) is -0.176. The molecule has 3 fully saturated rings. The number of carbonyl (C=O) groups excluding carboxylic acids is 1. The van der Waals surface area contributed by atoms with E-state index >= 15 is 8.78 Å². The number of hydrazine groups is 1. The first kappa shape index (κ1) is 25.5. The number of aromatic nitrogens is 1. The van der Waals surface area contributed by atoms with E-state index in [1.807, 2.05) is 0 Å². The van der Waals surface area contributed by atoms with Crippen LogP contribution in [0.4, 0.5) is 14.5 Å². The number of carbonyl (C=O) groups is 1. The van der Waals surface area contributed by atoms with Crippen molar-refractivity contribution in [3.63, 3.8) is 0 Å². The van der Waals surface area contributed by atoms with E-state index in [1.165, 1.54) is 10.8 Å². The van der Waals surface area contributed by atoms with Crippen LogP contribution in [0, 0.1) is 21.7 Å². The molecule has 1 saturated carbocycles. The Morgan fingerprint density at radius 1 is 1.09 bits per heavy atom. The van der Waals surface area contributed by atoms with Gasteiger partial charge in [-0.15, -0.1) is 12.4 Å². The number of hydrogen-bond acceptors (Lipinski definition) is 7. The van der Waals surface area contributed by atoms with E-state index in [4.69, 9.17) is 5.73 Å². The van der Waals surface area contributed by atoms with Gasteiger partial charge >= 0.3 is 0 Å². The fourth-order valence-corrected chi connectivity index (χ4v) is 5.42. The summed E-state index contributed by atoms with van der Waals surface area (Å²) in [6.45, 7) is 2.07. The Bertz CT molecular complexity index is 1240. The molecule has 0 amide bonds. The number of nitro groups is 1. The molecule has 1 atom stereocenters. The largest absolute Gasteiger partial charge is 0.396 e. The maximum Gasteiger partial charge on any atom is 0.266 e. The third-order valence-electron chi connectivity index (χ3n) is 7.23. The molecule has 1 unspecified atom stereocenters. The van der Waals surface area contributed by atoms with Gasteiger partial charge in [-0.25, -0.2) is 18.8 Å². The van der Waals surface area contributed by atoms with Gasteiger partial charge in [-0.1, -0.05) is 0 Å². The van der Waals surface area contributed by atoms with Crippen LogP contribution in [0.5, 0.6) is 0 Å². The molecule has 1 aliphatic carbocycles. The van der Waals surface area contributed by atoms with Crippen LogP contribution in [0.3, 0.4) is 0 Å². The summed E-state index contributed by atoms with van der Waals surface area (Å²) in [5, 5.41) is 14.8. The molecular formula is C23H28ClF2N5O4. The maximum atomic E-state index is 16.1. The Morgan fingerprint density at radius 2 is 1.74 bits per heavy atom. The van der Waals surface area contributed by atoms with Crippen molar-refractivity contribution < 1.29 is 18.5 Å². The van der Waals surface area contributed by atoms with E-state index in [0.29, 0.717) is 25.8 Å². The highest BCUT2D eigenvalue weighted by molar-refractivity contribution is 6.02. The monoisotopic (exact) mass is 511 g/mol. The first-order valence-electron chi connectivity index (χ1n) is 11.8. The molecule has 2 N–H and O–H groups in total. The predicted molar refractivity (Wildman–Crippen MR) is 129 cm³/mol. The molecule has 9 nitrogen and oxygen atoms in total. The third kappa shape index (κ3) is 4.52. The fourth-order valence-electron chi connectivity index (χ4n) is 5.42. The van der Waals surface area contributed by atoms with Gasteiger partial charge in [-0.2, -0.15) is 0 Å². The van der Waals surface area contributed by atoms with Gasteiger partial charge in [0.15, 0.2) is 11.6 Å². The summed E-state index contributed by atoms with van der Waals surface area (Å²) in [6.07, 6.45) is 6.14. The number of benzene rings is 1.